The molecule has 1 N–H and O–H groups in total. The molecule has 0 radical (unpaired) electrons. The fraction of sp³-hybridized carbons (Fsp3) is 0.529. The zero-order valence-corrected chi connectivity index (χ0v) is 13.6. The first-order chi connectivity index (χ1) is 11.7. The van der Waals surface area contributed by atoms with E-state index >= 15 is 0 Å². The van der Waals surface area contributed by atoms with E-state index in [9.17, 15) is 4.79 Å². The normalized spacial score (nSPS) is 27.5. The van der Waals surface area contributed by atoms with E-state index in [1.54, 1.807) is 24.7 Å². The van der Waals surface area contributed by atoms with Gasteiger partial charge in [-0.3, -0.25) is 4.79 Å². The molecule has 2 aliphatic heterocycles. The van der Waals surface area contributed by atoms with Crippen LogP contribution in [0, 0.1) is 5.92 Å². The van der Waals surface area contributed by atoms with E-state index < -0.39 is 5.60 Å². The maximum absolute atomic E-state index is 12.7. The number of carbonyl (C=O) groups excluding carboxylic acids is 1. The Kier molecular flexibility index (Phi) is 4.12. The van der Waals surface area contributed by atoms with Crippen LogP contribution < -0.4 is 0 Å². The summed E-state index contributed by atoms with van der Waals surface area (Å²) in [6.07, 6.45) is 9.98. The van der Waals surface area contributed by atoms with Crippen LogP contribution in [0.5, 0.6) is 0 Å². The standard InChI is InChI=1S/C17H22N4O3/c22-16(15-1-2-18-8-15)21-5-6-23-12-17(11-21)7-14(10-24-17)9-20-4-3-19-13-20/h1-4,8,13-14,18H,5-7,9-12H2. The molecule has 24 heavy (non-hydrogen) atoms. The van der Waals surface area contributed by atoms with Crippen molar-refractivity contribution < 1.29 is 14.3 Å². The summed E-state index contributed by atoms with van der Waals surface area (Å²) in [5.74, 6) is 0.438. The second kappa shape index (κ2) is 6.41. The smallest absolute Gasteiger partial charge is 0.255 e. The highest BCUT2D eigenvalue weighted by molar-refractivity contribution is 5.94. The number of aromatic amines is 1. The number of nitrogens with one attached hydrogen (secondary N) is 1. The van der Waals surface area contributed by atoms with Gasteiger partial charge in [-0.25, -0.2) is 4.98 Å². The van der Waals surface area contributed by atoms with Gasteiger partial charge >= 0.3 is 0 Å². The van der Waals surface area contributed by atoms with E-state index in [1.165, 1.54) is 0 Å². The third-order valence-corrected chi connectivity index (χ3v) is 4.80. The van der Waals surface area contributed by atoms with E-state index in [-0.39, 0.29) is 5.91 Å². The number of nitrogens with zero attached hydrogens (tertiary/aromatic N) is 3. The molecule has 2 aromatic rings. The summed E-state index contributed by atoms with van der Waals surface area (Å²) in [4.78, 5) is 21.6. The predicted octanol–water partition coefficient (Wildman–Crippen LogP) is 1.16. The number of amides is 1. The molecule has 2 aromatic heterocycles. The molecule has 2 atom stereocenters. The number of aromatic nitrogens is 3. The Hall–Kier alpha value is -2.12. The van der Waals surface area contributed by atoms with Gasteiger partial charge in [0, 0.05) is 43.8 Å². The van der Waals surface area contributed by atoms with Gasteiger partial charge in [0.25, 0.3) is 5.91 Å². The van der Waals surface area contributed by atoms with Gasteiger partial charge in [0.05, 0.1) is 38.3 Å². The van der Waals surface area contributed by atoms with Gasteiger partial charge < -0.3 is 23.9 Å². The van der Waals surface area contributed by atoms with E-state index in [2.05, 4.69) is 14.5 Å². The first-order valence-corrected chi connectivity index (χ1v) is 8.34. The number of ether oxygens (including phenoxy) is 2. The van der Waals surface area contributed by atoms with Crippen molar-refractivity contribution >= 4 is 5.91 Å². The molecule has 0 aliphatic carbocycles. The zero-order valence-electron chi connectivity index (χ0n) is 13.6. The molecule has 2 fully saturated rings. The lowest BCUT2D eigenvalue weighted by Crippen LogP contribution is -2.46. The molecule has 2 saturated heterocycles. The number of carbonyl (C=O) groups is 1. The lowest BCUT2D eigenvalue weighted by Gasteiger charge is -2.31. The molecule has 4 heterocycles. The molecule has 0 aromatic carbocycles. The maximum atomic E-state index is 12.7. The second-order valence-electron chi connectivity index (χ2n) is 6.70. The summed E-state index contributed by atoms with van der Waals surface area (Å²) in [5.41, 5.74) is 0.285. The molecular weight excluding hydrogens is 308 g/mol. The maximum Gasteiger partial charge on any atom is 0.255 e. The topological polar surface area (TPSA) is 72.4 Å². The van der Waals surface area contributed by atoms with E-state index in [0.717, 1.165) is 13.0 Å². The highest BCUT2D eigenvalue weighted by Gasteiger charge is 2.44. The average Bonchev–Trinajstić information content (AvgIpc) is 3.30. The molecule has 128 valence electrons. The molecule has 0 saturated carbocycles. The van der Waals surface area contributed by atoms with Crippen molar-refractivity contribution in [3.63, 3.8) is 0 Å². The van der Waals surface area contributed by atoms with Gasteiger partial charge in [-0.2, -0.15) is 0 Å². The minimum Gasteiger partial charge on any atom is -0.377 e. The summed E-state index contributed by atoms with van der Waals surface area (Å²) in [6.45, 7) is 3.85. The summed E-state index contributed by atoms with van der Waals surface area (Å²) in [7, 11) is 0. The van der Waals surface area contributed by atoms with Crippen LogP contribution in [0.3, 0.4) is 0 Å². The van der Waals surface area contributed by atoms with E-state index in [4.69, 9.17) is 9.47 Å². The van der Waals surface area contributed by atoms with Crippen molar-refractivity contribution in [2.75, 3.05) is 32.9 Å². The van der Waals surface area contributed by atoms with E-state index in [0.29, 0.717) is 44.4 Å². The largest absolute Gasteiger partial charge is 0.377 e. The quantitative estimate of drug-likeness (QED) is 0.917. The SMILES string of the molecule is O=C(c1cc[nH]c1)N1CCOCC2(CC(Cn3ccnc3)CO2)C1. The van der Waals surface area contributed by atoms with Crippen LogP contribution in [-0.4, -0.2) is 63.9 Å². The highest BCUT2D eigenvalue weighted by atomic mass is 16.5. The Morgan fingerprint density at radius 3 is 3.25 bits per heavy atom. The molecule has 7 nitrogen and oxygen atoms in total. The van der Waals surface area contributed by atoms with Crippen molar-refractivity contribution in [3.05, 3.63) is 42.7 Å². The lowest BCUT2D eigenvalue weighted by atomic mass is 9.94. The highest BCUT2D eigenvalue weighted by Crippen LogP contribution is 2.34. The third kappa shape index (κ3) is 3.09. The summed E-state index contributed by atoms with van der Waals surface area (Å²) in [5, 5.41) is 0. The molecule has 1 spiro atoms. The molecule has 0 bridgehead atoms. The fourth-order valence-electron chi connectivity index (χ4n) is 3.68. The summed E-state index contributed by atoms with van der Waals surface area (Å²) >= 11 is 0. The van der Waals surface area contributed by atoms with Crippen LogP contribution in [0.15, 0.2) is 37.2 Å². The fourth-order valence-corrected chi connectivity index (χ4v) is 3.68. The van der Waals surface area contributed by atoms with Crippen molar-refractivity contribution in [2.24, 2.45) is 5.92 Å². The van der Waals surface area contributed by atoms with Crippen molar-refractivity contribution in [2.45, 2.75) is 18.6 Å². The molecule has 7 heteroatoms. The summed E-state index contributed by atoms with van der Waals surface area (Å²) in [6, 6.07) is 1.80. The second-order valence-corrected chi connectivity index (χ2v) is 6.70. The Bertz CT molecular complexity index is 670. The minimum atomic E-state index is -0.395. The van der Waals surface area contributed by atoms with E-state index in [1.807, 2.05) is 17.4 Å². The number of hydrogen-bond donors (Lipinski definition) is 1. The monoisotopic (exact) mass is 330 g/mol. The lowest BCUT2D eigenvalue weighted by molar-refractivity contribution is -0.0539. The van der Waals surface area contributed by atoms with Gasteiger partial charge in [0.1, 0.15) is 5.60 Å². The predicted molar refractivity (Wildman–Crippen MR) is 86.5 cm³/mol. The Labute approximate surface area is 140 Å². The van der Waals surface area contributed by atoms with Gasteiger partial charge in [-0.1, -0.05) is 0 Å². The van der Waals surface area contributed by atoms with Crippen molar-refractivity contribution in [1.29, 1.82) is 0 Å². The van der Waals surface area contributed by atoms with Gasteiger partial charge in [0.15, 0.2) is 0 Å². The van der Waals surface area contributed by atoms with Crippen LogP contribution >= 0.6 is 0 Å². The van der Waals surface area contributed by atoms with Crippen LogP contribution in [0.4, 0.5) is 0 Å². The van der Waals surface area contributed by atoms with Crippen molar-refractivity contribution in [1.82, 2.24) is 19.4 Å². The molecular formula is C17H22N4O3. The average molecular weight is 330 g/mol. The summed E-state index contributed by atoms with van der Waals surface area (Å²) < 4.78 is 14.0. The van der Waals surface area contributed by atoms with Crippen LogP contribution in [0.1, 0.15) is 16.8 Å². The van der Waals surface area contributed by atoms with Gasteiger partial charge in [0.2, 0.25) is 0 Å². The minimum absolute atomic E-state index is 0.0304. The Balaban J connectivity index is 1.45. The Morgan fingerprint density at radius 1 is 1.50 bits per heavy atom. The van der Waals surface area contributed by atoms with Crippen LogP contribution in [0.25, 0.3) is 0 Å². The Morgan fingerprint density at radius 2 is 2.46 bits per heavy atom. The van der Waals surface area contributed by atoms with Crippen LogP contribution in [0.2, 0.25) is 0 Å². The third-order valence-electron chi connectivity index (χ3n) is 4.80. The van der Waals surface area contributed by atoms with Gasteiger partial charge in [-0.15, -0.1) is 0 Å². The molecule has 1 amide bonds. The van der Waals surface area contributed by atoms with Crippen LogP contribution in [-0.2, 0) is 16.0 Å². The number of hydrogen-bond acceptors (Lipinski definition) is 4. The first kappa shape index (κ1) is 15.4. The van der Waals surface area contributed by atoms with Gasteiger partial charge in [-0.05, 0) is 12.5 Å². The zero-order chi connectivity index (χ0) is 16.4. The number of H-pyrrole nitrogens is 1. The van der Waals surface area contributed by atoms with Crippen molar-refractivity contribution in [3.8, 4) is 0 Å². The first-order valence-electron chi connectivity index (χ1n) is 8.34. The molecule has 2 aliphatic rings. The molecule has 2 unspecified atom stereocenters. The number of rotatable bonds is 3. The number of imidazole rings is 1. The molecule has 4 rings (SSSR count).